The summed E-state index contributed by atoms with van der Waals surface area (Å²) in [6.45, 7) is 3.54. The van der Waals surface area contributed by atoms with Crippen molar-refractivity contribution in [3.8, 4) is 17.2 Å². The maximum Gasteiger partial charge on any atom is 0.200 e. The normalized spacial score (nSPS) is 18.0. The number of Topliss-reactive ketones (excluding diaryl/α,β-unsaturated/α-hetero) is 1. The summed E-state index contributed by atoms with van der Waals surface area (Å²) in [5.41, 5.74) is -1.18. The SMILES string of the molecule is CC1(C)C=Cc2c(O)c(C(=O)C3=CC(=O)C=CC3=O)cc(O)c2O1. The number of hydrogen-bond donors (Lipinski definition) is 2. The average molecular weight is 326 g/mol. The van der Waals surface area contributed by atoms with Crippen LogP contribution in [0.5, 0.6) is 17.2 Å². The molecule has 2 aliphatic rings. The monoisotopic (exact) mass is 326 g/mol. The fraction of sp³-hybridized carbons (Fsp3) is 0.167. The summed E-state index contributed by atoms with van der Waals surface area (Å²) in [6, 6.07) is 1.03. The molecule has 6 heteroatoms. The summed E-state index contributed by atoms with van der Waals surface area (Å²) in [5.74, 6) is -2.68. The molecule has 1 aromatic rings. The van der Waals surface area contributed by atoms with Crippen LogP contribution in [-0.4, -0.2) is 33.2 Å². The van der Waals surface area contributed by atoms with Gasteiger partial charge in [0.15, 0.2) is 23.1 Å². The molecule has 0 atom stereocenters. The number of ketones is 3. The molecule has 2 N–H and O–H groups in total. The summed E-state index contributed by atoms with van der Waals surface area (Å²) in [7, 11) is 0. The molecule has 0 radical (unpaired) electrons. The first-order valence-corrected chi connectivity index (χ1v) is 7.19. The van der Waals surface area contributed by atoms with E-state index >= 15 is 0 Å². The molecular weight excluding hydrogens is 312 g/mol. The zero-order chi connectivity index (χ0) is 17.6. The van der Waals surface area contributed by atoms with Crippen LogP contribution in [0.1, 0.15) is 29.8 Å². The number of allylic oxidation sites excluding steroid dienone is 4. The van der Waals surface area contributed by atoms with Gasteiger partial charge in [-0.1, -0.05) is 0 Å². The maximum atomic E-state index is 12.5. The van der Waals surface area contributed by atoms with Crippen LogP contribution in [0.3, 0.4) is 0 Å². The Morgan fingerprint density at radius 1 is 1.12 bits per heavy atom. The molecule has 0 aromatic heterocycles. The van der Waals surface area contributed by atoms with Crippen LogP contribution in [0.25, 0.3) is 6.08 Å². The molecule has 0 saturated heterocycles. The molecule has 0 unspecified atom stereocenters. The highest BCUT2D eigenvalue weighted by Gasteiger charge is 2.31. The zero-order valence-electron chi connectivity index (χ0n) is 13.0. The molecule has 0 amide bonds. The number of rotatable bonds is 2. The highest BCUT2D eigenvalue weighted by Crippen LogP contribution is 2.45. The van der Waals surface area contributed by atoms with E-state index in [-0.39, 0.29) is 28.2 Å². The standard InChI is InChI=1S/C18H14O6/c1-18(2)6-5-10-15(22)12(8-14(21)17(10)24-18)16(23)11-7-9(19)3-4-13(11)20/h3-8,21-22H,1-2H3. The van der Waals surface area contributed by atoms with Gasteiger partial charge in [0, 0.05) is 6.08 Å². The van der Waals surface area contributed by atoms with Gasteiger partial charge < -0.3 is 14.9 Å². The lowest BCUT2D eigenvalue weighted by Crippen LogP contribution is -2.27. The molecule has 122 valence electrons. The molecule has 6 nitrogen and oxygen atoms in total. The van der Waals surface area contributed by atoms with Gasteiger partial charge in [-0.3, -0.25) is 14.4 Å². The second kappa shape index (κ2) is 5.19. The average Bonchev–Trinajstić information content (AvgIpc) is 2.51. The fourth-order valence-corrected chi connectivity index (χ4v) is 2.51. The van der Waals surface area contributed by atoms with Gasteiger partial charge >= 0.3 is 0 Å². The van der Waals surface area contributed by atoms with E-state index in [1.807, 2.05) is 0 Å². The predicted molar refractivity (Wildman–Crippen MR) is 85.1 cm³/mol. The number of benzene rings is 1. The molecule has 1 heterocycles. The topological polar surface area (TPSA) is 101 Å². The van der Waals surface area contributed by atoms with Crippen LogP contribution in [-0.2, 0) is 9.59 Å². The number of aromatic hydroxyl groups is 2. The minimum atomic E-state index is -0.841. The Bertz CT molecular complexity index is 883. The number of carbonyl (C=O) groups excluding carboxylic acids is 3. The van der Waals surface area contributed by atoms with Crippen molar-refractivity contribution in [2.24, 2.45) is 0 Å². The minimum Gasteiger partial charge on any atom is -0.506 e. The number of hydrogen-bond acceptors (Lipinski definition) is 6. The molecule has 0 bridgehead atoms. The van der Waals surface area contributed by atoms with Crippen LogP contribution < -0.4 is 4.74 Å². The lowest BCUT2D eigenvalue weighted by Gasteiger charge is -2.29. The van der Waals surface area contributed by atoms with E-state index in [1.165, 1.54) is 6.08 Å². The van der Waals surface area contributed by atoms with E-state index in [2.05, 4.69) is 0 Å². The number of phenolic OH excluding ortho intramolecular Hbond substituents is 2. The Balaban J connectivity index is 2.11. The van der Waals surface area contributed by atoms with E-state index < -0.39 is 28.7 Å². The van der Waals surface area contributed by atoms with Crippen molar-refractivity contribution in [3.63, 3.8) is 0 Å². The second-order valence-electron chi connectivity index (χ2n) is 6.06. The summed E-state index contributed by atoms with van der Waals surface area (Å²) >= 11 is 0. The lowest BCUT2D eigenvalue weighted by atomic mass is 9.92. The Kier molecular flexibility index (Phi) is 3.41. The van der Waals surface area contributed by atoms with Crippen molar-refractivity contribution in [3.05, 3.63) is 47.1 Å². The van der Waals surface area contributed by atoms with Crippen LogP contribution in [0.15, 0.2) is 35.9 Å². The Hall–Kier alpha value is -3.15. The largest absolute Gasteiger partial charge is 0.506 e. The lowest BCUT2D eigenvalue weighted by molar-refractivity contribution is -0.114. The van der Waals surface area contributed by atoms with E-state index in [4.69, 9.17) is 4.74 Å². The maximum absolute atomic E-state index is 12.5. The first-order chi connectivity index (χ1) is 11.2. The predicted octanol–water partition coefficient (Wildman–Crippen LogP) is 2.10. The first kappa shape index (κ1) is 15.7. The highest BCUT2D eigenvalue weighted by molar-refractivity contribution is 6.34. The highest BCUT2D eigenvalue weighted by atomic mass is 16.5. The van der Waals surface area contributed by atoms with Crippen molar-refractivity contribution in [2.75, 3.05) is 0 Å². The second-order valence-corrected chi connectivity index (χ2v) is 6.06. The molecule has 1 aromatic carbocycles. The molecule has 0 saturated carbocycles. The van der Waals surface area contributed by atoms with Crippen molar-refractivity contribution >= 4 is 23.4 Å². The summed E-state index contributed by atoms with van der Waals surface area (Å²) in [5, 5.41) is 20.5. The van der Waals surface area contributed by atoms with Gasteiger partial charge in [0.25, 0.3) is 0 Å². The van der Waals surface area contributed by atoms with Gasteiger partial charge in [0.1, 0.15) is 11.4 Å². The quantitative estimate of drug-likeness (QED) is 0.373. The van der Waals surface area contributed by atoms with E-state index in [1.54, 1.807) is 19.9 Å². The Morgan fingerprint density at radius 3 is 2.54 bits per heavy atom. The number of fused-ring (bicyclic) bond motifs is 1. The van der Waals surface area contributed by atoms with Gasteiger partial charge in [0.2, 0.25) is 5.78 Å². The zero-order valence-corrected chi connectivity index (χ0v) is 13.0. The Morgan fingerprint density at radius 2 is 1.83 bits per heavy atom. The third-order valence-corrected chi connectivity index (χ3v) is 3.73. The minimum absolute atomic E-state index is 0.0523. The van der Waals surface area contributed by atoms with E-state index in [0.717, 1.165) is 24.3 Å². The van der Waals surface area contributed by atoms with Crippen LogP contribution in [0, 0.1) is 0 Å². The van der Waals surface area contributed by atoms with Crippen molar-refractivity contribution in [1.29, 1.82) is 0 Å². The third kappa shape index (κ3) is 2.52. The molecule has 24 heavy (non-hydrogen) atoms. The van der Waals surface area contributed by atoms with Gasteiger partial charge in [-0.25, -0.2) is 0 Å². The first-order valence-electron chi connectivity index (χ1n) is 7.19. The number of phenols is 2. The third-order valence-electron chi connectivity index (χ3n) is 3.73. The fourth-order valence-electron chi connectivity index (χ4n) is 2.51. The molecule has 1 aliphatic heterocycles. The van der Waals surface area contributed by atoms with Crippen LogP contribution in [0.4, 0.5) is 0 Å². The van der Waals surface area contributed by atoms with Gasteiger partial charge in [-0.15, -0.1) is 0 Å². The Labute approximate surface area is 137 Å². The van der Waals surface area contributed by atoms with Crippen LogP contribution in [0.2, 0.25) is 0 Å². The van der Waals surface area contributed by atoms with E-state index in [9.17, 15) is 24.6 Å². The number of ether oxygens (including phenoxy) is 1. The van der Waals surface area contributed by atoms with Crippen molar-refractivity contribution in [2.45, 2.75) is 19.4 Å². The molecule has 0 spiro atoms. The van der Waals surface area contributed by atoms with E-state index in [0.29, 0.717) is 0 Å². The molecule has 0 fully saturated rings. The van der Waals surface area contributed by atoms with Gasteiger partial charge in [0.05, 0.1) is 16.7 Å². The van der Waals surface area contributed by atoms with Crippen LogP contribution >= 0.6 is 0 Å². The molecular formula is C18H14O6. The smallest absolute Gasteiger partial charge is 0.200 e. The summed E-state index contributed by atoms with van der Waals surface area (Å²) < 4.78 is 5.59. The summed E-state index contributed by atoms with van der Waals surface area (Å²) in [6.07, 6.45) is 6.17. The van der Waals surface area contributed by atoms with Gasteiger partial charge in [-0.2, -0.15) is 0 Å². The molecule has 3 rings (SSSR count). The summed E-state index contributed by atoms with van der Waals surface area (Å²) in [4.78, 5) is 35.7. The van der Waals surface area contributed by atoms with Gasteiger partial charge in [-0.05, 0) is 44.2 Å². The van der Waals surface area contributed by atoms with Crippen molar-refractivity contribution < 1.29 is 29.3 Å². The van der Waals surface area contributed by atoms with Crippen molar-refractivity contribution in [1.82, 2.24) is 0 Å². The molecule has 1 aliphatic carbocycles. The number of carbonyl (C=O) groups is 3.